The van der Waals surface area contributed by atoms with Crippen molar-refractivity contribution in [3.05, 3.63) is 35.9 Å². The highest BCUT2D eigenvalue weighted by Crippen LogP contribution is 2.42. The summed E-state index contributed by atoms with van der Waals surface area (Å²) in [5.74, 6) is 1.88. The molecule has 0 nitrogen and oxygen atoms in total. The van der Waals surface area contributed by atoms with Gasteiger partial charge in [0.2, 0.25) is 0 Å². The van der Waals surface area contributed by atoms with E-state index in [-0.39, 0.29) is 0 Å². The maximum absolute atomic E-state index is 2.29. The lowest BCUT2D eigenvalue weighted by Gasteiger charge is -2.19. The van der Waals surface area contributed by atoms with Gasteiger partial charge in [-0.25, -0.2) is 0 Å². The van der Waals surface area contributed by atoms with Crippen LogP contribution in [-0.2, 0) is 0 Å². The van der Waals surface area contributed by atoms with Crippen LogP contribution in [0, 0.1) is 5.92 Å². The Kier molecular flexibility index (Phi) is 5.49. The monoisotopic (exact) mass is 226 g/mol. The van der Waals surface area contributed by atoms with Crippen LogP contribution in [0.15, 0.2) is 30.3 Å². The van der Waals surface area contributed by atoms with Gasteiger partial charge in [0.25, 0.3) is 0 Å². The number of hydrogen-bond acceptors (Lipinski definition) is 2. The fraction of sp³-hybridized carbons (Fsp3) is 0.500. The molecule has 0 aliphatic carbocycles. The van der Waals surface area contributed by atoms with E-state index < -0.39 is 0 Å². The predicted molar refractivity (Wildman–Crippen MR) is 69.7 cm³/mol. The summed E-state index contributed by atoms with van der Waals surface area (Å²) in [4.78, 5) is 0. The van der Waals surface area contributed by atoms with Crippen molar-refractivity contribution in [2.24, 2.45) is 5.92 Å². The molecule has 0 saturated heterocycles. The topological polar surface area (TPSA) is 0 Å². The maximum Gasteiger partial charge on any atom is 0.0423 e. The minimum atomic E-state index is 0.626. The van der Waals surface area contributed by atoms with E-state index in [4.69, 9.17) is 0 Å². The molecule has 1 aromatic rings. The molecule has 0 bridgehead atoms. The van der Waals surface area contributed by atoms with Crippen LogP contribution >= 0.6 is 21.6 Å². The molecule has 0 N–H and O–H groups in total. The quantitative estimate of drug-likeness (QED) is 0.662. The Morgan fingerprint density at radius 3 is 2.29 bits per heavy atom. The maximum atomic E-state index is 2.29. The van der Waals surface area contributed by atoms with Crippen LogP contribution in [0.2, 0.25) is 0 Å². The SMILES string of the molecule is CCSSC(c1ccccc1)C(C)C. The van der Waals surface area contributed by atoms with Crippen molar-refractivity contribution >= 4 is 21.6 Å². The van der Waals surface area contributed by atoms with Gasteiger partial charge in [-0.1, -0.05) is 72.7 Å². The lowest BCUT2D eigenvalue weighted by Crippen LogP contribution is -2.01. The molecule has 0 spiro atoms. The van der Waals surface area contributed by atoms with Crippen LogP contribution in [0.1, 0.15) is 31.6 Å². The van der Waals surface area contributed by atoms with E-state index in [0.29, 0.717) is 11.2 Å². The Labute approximate surface area is 95.3 Å². The highest BCUT2D eigenvalue weighted by atomic mass is 33.1. The van der Waals surface area contributed by atoms with E-state index in [1.54, 1.807) is 0 Å². The normalized spacial score (nSPS) is 13.1. The number of benzene rings is 1. The van der Waals surface area contributed by atoms with Crippen molar-refractivity contribution in [2.75, 3.05) is 5.75 Å². The highest BCUT2D eigenvalue weighted by molar-refractivity contribution is 8.76. The third kappa shape index (κ3) is 3.58. The molecular weight excluding hydrogens is 208 g/mol. The third-order valence-corrected chi connectivity index (χ3v) is 5.16. The first-order valence-corrected chi connectivity index (χ1v) is 7.47. The van der Waals surface area contributed by atoms with E-state index in [2.05, 4.69) is 51.1 Å². The molecule has 0 aromatic heterocycles. The second-order valence-corrected chi connectivity index (χ2v) is 6.38. The fourth-order valence-corrected chi connectivity index (χ4v) is 3.96. The van der Waals surface area contributed by atoms with Crippen molar-refractivity contribution in [1.29, 1.82) is 0 Å². The van der Waals surface area contributed by atoms with E-state index in [1.165, 1.54) is 11.3 Å². The molecule has 1 atom stereocenters. The lowest BCUT2D eigenvalue weighted by molar-refractivity contribution is 0.635. The van der Waals surface area contributed by atoms with Gasteiger partial charge in [0.1, 0.15) is 0 Å². The van der Waals surface area contributed by atoms with Crippen molar-refractivity contribution in [3.63, 3.8) is 0 Å². The second kappa shape index (κ2) is 6.41. The standard InChI is InChI=1S/C12H18S2/c1-4-13-14-12(10(2)3)11-8-6-5-7-9-11/h5-10,12H,4H2,1-3H3. The van der Waals surface area contributed by atoms with Crippen molar-refractivity contribution in [1.82, 2.24) is 0 Å². The van der Waals surface area contributed by atoms with Gasteiger partial charge in [0.05, 0.1) is 0 Å². The summed E-state index contributed by atoms with van der Waals surface area (Å²) < 4.78 is 0. The smallest absolute Gasteiger partial charge is 0.0423 e. The summed E-state index contributed by atoms with van der Waals surface area (Å²) in [7, 11) is 3.96. The first-order valence-electron chi connectivity index (χ1n) is 5.09. The highest BCUT2D eigenvalue weighted by Gasteiger charge is 2.15. The van der Waals surface area contributed by atoms with Crippen molar-refractivity contribution in [3.8, 4) is 0 Å². The molecule has 78 valence electrons. The van der Waals surface area contributed by atoms with Gasteiger partial charge in [0.15, 0.2) is 0 Å². The lowest BCUT2D eigenvalue weighted by atomic mass is 10.0. The molecule has 0 aliphatic heterocycles. The zero-order valence-electron chi connectivity index (χ0n) is 9.07. The average Bonchev–Trinajstić information content (AvgIpc) is 2.19. The molecular formula is C12H18S2. The van der Waals surface area contributed by atoms with Gasteiger partial charge < -0.3 is 0 Å². The molecule has 0 heterocycles. The average molecular weight is 226 g/mol. The van der Waals surface area contributed by atoms with Gasteiger partial charge in [-0.3, -0.25) is 0 Å². The van der Waals surface area contributed by atoms with Gasteiger partial charge in [0, 0.05) is 11.0 Å². The third-order valence-electron chi connectivity index (χ3n) is 2.02. The second-order valence-electron chi connectivity index (χ2n) is 3.58. The van der Waals surface area contributed by atoms with Crippen molar-refractivity contribution < 1.29 is 0 Å². The van der Waals surface area contributed by atoms with Crippen LogP contribution in [0.25, 0.3) is 0 Å². The summed E-state index contributed by atoms with van der Waals surface area (Å²) >= 11 is 0. The van der Waals surface area contributed by atoms with E-state index in [9.17, 15) is 0 Å². The Morgan fingerprint density at radius 1 is 1.14 bits per heavy atom. The molecule has 0 radical (unpaired) electrons. The van der Waals surface area contributed by atoms with Crippen LogP contribution in [-0.4, -0.2) is 5.75 Å². The minimum absolute atomic E-state index is 0.626. The van der Waals surface area contributed by atoms with Gasteiger partial charge in [-0.2, -0.15) is 0 Å². The van der Waals surface area contributed by atoms with Gasteiger partial charge in [-0.05, 0) is 11.5 Å². The molecule has 0 amide bonds. The van der Waals surface area contributed by atoms with Crippen LogP contribution in [0.3, 0.4) is 0 Å². The minimum Gasteiger partial charge on any atom is -0.0938 e. The zero-order valence-corrected chi connectivity index (χ0v) is 10.7. The number of hydrogen-bond donors (Lipinski definition) is 0. The van der Waals surface area contributed by atoms with Crippen LogP contribution < -0.4 is 0 Å². The largest absolute Gasteiger partial charge is 0.0938 e. The fourth-order valence-electron chi connectivity index (χ4n) is 1.34. The Morgan fingerprint density at radius 2 is 1.79 bits per heavy atom. The van der Waals surface area contributed by atoms with E-state index >= 15 is 0 Å². The molecule has 1 rings (SSSR count). The summed E-state index contributed by atoms with van der Waals surface area (Å²) in [5, 5.41) is 0.626. The summed E-state index contributed by atoms with van der Waals surface area (Å²) in [5.41, 5.74) is 1.45. The Balaban J connectivity index is 2.68. The molecule has 14 heavy (non-hydrogen) atoms. The zero-order chi connectivity index (χ0) is 10.4. The first kappa shape index (κ1) is 12.0. The summed E-state index contributed by atoms with van der Waals surface area (Å²) in [6.45, 7) is 6.79. The Hall–Kier alpha value is -0.0800. The number of rotatable bonds is 5. The van der Waals surface area contributed by atoms with E-state index in [1.807, 2.05) is 21.6 Å². The summed E-state index contributed by atoms with van der Waals surface area (Å²) in [6, 6.07) is 10.8. The van der Waals surface area contributed by atoms with Crippen LogP contribution in [0.4, 0.5) is 0 Å². The van der Waals surface area contributed by atoms with Crippen molar-refractivity contribution in [2.45, 2.75) is 26.0 Å². The predicted octanol–water partition coefficient (Wildman–Crippen LogP) is 4.79. The Bertz CT molecular complexity index is 244. The van der Waals surface area contributed by atoms with E-state index in [0.717, 1.165) is 0 Å². The first-order chi connectivity index (χ1) is 6.75. The summed E-state index contributed by atoms with van der Waals surface area (Å²) in [6.07, 6.45) is 0. The van der Waals surface area contributed by atoms with Crippen LogP contribution in [0.5, 0.6) is 0 Å². The van der Waals surface area contributed by atoms with Gasteiger partial charge >= 0.3 is 0 Å². The molecule has 2 heteroatoms. The van der Waals surface area contributed by atoms with Gasteiger partial charge in [-0.15, -0.1) is 0 Å². The molecule has 1 unspecified atom stereocenters. The molecule has 0 saturated carbocycles. The molecule has 0 aliphatic rings. The molecule has 1 aromatic carbocycles. The molecule has 0 fully saturated rings.